The monoisotopic (exact) mass is 366 g/mol. The van der Waals surface area contributed by atoms with Crippen molar-refractivity contribution in [3.05, 3.63) is 62.4 Å². The standard InChI is InChI=1S/C19H22N6O2/c1-12-4-3-7-25-17(27)11-15(22-18(12)25)21-14-5-8-24(9-6-14)19-20-13(2)10-16(26)23-19/h3-4,7,10-11,14,21H,5-6,8-9H2,1-2H3,(H,20,23,26). The fourth-order valence-corrected chi connectivity index (χ4v) is 3.49. The third-order valence-electron chi connectivity index (χ3n) is 4.89. The fraction of sp³-hybridized carbons (Fsp3) is 0.368. The summed E-state index contributed by atoms with van der Waals surface area (Å²) in [5.41, 5.74) is 2.12. The van der Waals surface area contributed by atoms with Crippen molar-refractivity contribution in [2.24, 2.45) is 0 Å². The molecule has 0 bridgehead atoms. The number of H-pyrrole nitrogens is 1. The molecule has 0 unspecified atom stereocenters. The number of hydrogen-bond acceptors (Lipinski definition) is 6. The van der Waals surface area contributed by atoms with Gasteiger partial charge in [0.15, 0.2) is 0 Å². The molecule has 3 aromatic heterocycles. The van der Waals surface area contributed by atoms with E-state index in [0.717, 1.165) is 31.5 Å². The lowest BCUT2D eigenvalue weighted by Gasteiger charge is -2.33. The van der Waals surface area contributed by atoms with E-state index in [-0.39, 0.29) is 17.2 Å². The van der Waals surface area contributed by atoms with Gasteiger partial charge in [0.2, 0.25) is 5.95 Å². The van der Waals surface area contributed by atoms with Crippen LogP contribution in [-0.4, -0.2) is 38.5 Å². The summed E-state index contributed by atoms with van der Waals surface area (Å²) in [6.07, 6.45) is 3.47. The predicted octanol–water partition coefficient (Wildman–Crippen LogP) is 1.48. The van der Waals surface area contributed by atoms with Crippen LogP contribution in [-0.2, 0) is 0 Å². The topological polar surface area (TPSA) is 95.4 Å². The van der Waals surface area contributed by atoms with Gasteiger partial charge >= 0.3 is 0 Å². The second-order valence-electron chi connectivity index (χ2n) is 6.98. The van der Waals surface area contributed by atoms with Crippen LogP contribution in [0.1, 0.15) is 24.1 Å². The first-order valence-corrected chi connectivity index (χ1v) is 9.08. The summed E-state index contributed by atoms with van der Waals surface area (Å²) in [5.74, 6) is 1.23. The summed E-state index contributed by atoms with van der Waals surface area (Å²) in [6.45, 7) is 5.31. The second kappa shape index (κ2) is 6.86. The van der Waals surface area contributed by atoms with Gasteiger partial charge in [0.25, 0.3) is 11.1 Å². The van der Waals surface area contributed by atoms with Crippen molar-refractivity contribution in [1.82, 2.24) is 19.4 Å². The number of aryl methyl sites for hydroxylation is 2. The van der Waals surface area contributed by atoms with E-state index in [1.165, 1.54) is 6.07 Å². The minimum Gasteiger partial charge on any atom is -0.367 e. The molecule has 140 valence electrons. The highest BCUT2D eigenvalue weighted by molar-refractivity contribution is 5.52. The zero-order valence-corrected chi connectivity index (χ0v) is 15.4. The molecule has 1 saturated heterocycles. The fourth-order valence-electron chi connectivity index (χ4n) is 3.49. The van der Waals surface area contributed by atoms with Crippen LogP contribution in [0.4, 0.5) is 11.8 Å². The zero-order chi connectivity index (χ0) is 19.0. The molecule has 0 amide bonds. The van der Waals surface area contributed by atoms with Gasteiger partial charge in [0.1, 0.15) is 11.5 Å². The van der Waals surface area contributed by atoms with Crippen LogP contribution < -0.4 is 21.3 Å². The number of fused-ring (bicyclic) bond motifs is 1. The van der Waals surface area contributed by atoms with E-state index >= 15 is 0 Å². The molecule has 8 heteroatoms. The molecule has 8 nitrogen and oxygen atoms in total. The Labute approximate surface area is 155 Å². The first-order chi connectivity index (χ1) is 13.0. The van der Waals surface area contributed by atoms with E-state index in [1.807, 2.05) is 26.0 Å². The molecule has 4 heterocycles. The molecule has 27 heavy (non-hydrogen) atoms. The minimum absolute atomic E-state index is 0.0924. The Bertz CT molecular complexity index is 1100. The van der Waals surface area contributed by atoms with Gasteiger partial charge in [0.05, 0.1) is 0 Å². The number of aromatic amines is 1. The number of anilines is 2. The van der Waals surface area contributed by atoms with Crippen molar-refractivity contribution in [3.63, 3.8) is 0 Å². The van der Waals surface area contributed by atoms with Gasteiger partial charge in [-0.1, -0.05) is 6.07 Å². The maximum Gasteiger partial charge on any atom is 0.259 e. The summed E-state index contributed by atoms with van der Waals surface area (Å²) in [7, 11) is 0. The number of hydrogen-bond donors (Lipinski definition) is 2. The average molecular weight is 366 g/mol. The molecule has 4 rings (SSSR count). The molecule has 0 atom stereocenters. The normalized spacial score (nSPS) is 15.3. The van der Waals surface area contributed by atoms with E-state index < -0.39 is 0 Å². The molecule has 1 fully saturated rings. The molecule has 1 aliphatic rings. The molecule has 2 N–H and O–H groups in total. The predicted molar refractivity (Wildman–Crippen MR) is 105 cm³/mol. The largest absolute Gasteiger partial charge is 0.367 e. The second-order valence-corrected chi connectivity index (χ2v) is 6.98. The van der Waals surface area contributed by atoms with Crippen molar-refractivity contribution in [3.8, 4) is 0 Å². The number of piperidine rings is 1. The highest BCUT2D eigenvalue weighted by Gasteiger charge is 2.21. The Hall–Kier alpha value is -3.16. The summed E-state index contributed by atoms with van der Waals surface area (Å²) in [5, 5.41) is 3.39. The maximum absolute atomic E-state index is 12.3. The van der Waals surface area contributed by atoms with Crippen LogP contribution in [0.25, 0.3) is 5.65 Å². The minimum atomic E-state index is -0.131. The van der Waals surface area contributed by atoms with Gasteiger partial charge < -0.3 is 10.2 Å². The van der Waals surface area contributed by atoms with Gasteiger partial charge in [0, 0.05) is 43.2 Å². The number of rotatable bonds is 3. The Morgan fingerprint density at radius 3 is 2.67 bits per heavy atom. The van der Waals surface area contributed by atoms with Crippen LogP contribution in [0.2, 0.25) is 0 Å². The van der Waals surface area contributed by atoms with Gasteiger partial charge in [-0.3, -0.25) is 19.0 Å². The number of nitrogens with zero attached hydrogens (tertiary/aromatic N) is 4. The Balaban J connectivity index is 1.48. The van der Waals surface area contributed by atoms with E-state index in [9.17, 15) is 9.59 Å². The van der Waals surface area contributed by atoms with Crippen molar-refractivity contribution in [1.29, 1.82) is 0 Å². The van der Waals surface area contributed by atoms with E-state index in [4.69, 9.17) is 0 Å². The van der Waals surface area contributed by atoms with E-state index in [2.05, 4.69) is 25.2 Å². The van der Waals surface area contributed by atoms with Crippen LogP contribution in [0.15, 0.2) is 40.1 Å². The number of pyridine rings is 1. The van der Waals surface area contributed by atoms with Crippen LogP contribution >= 0.6 is 0 Å². The van der Waals surface area contributed by atoms with Crippen LogP contribution in [0.5, 0.6) is 0 Å². The highest BCUT2D eigenvalue weighted by Crippen LogP contribution is 2.18. The quantitative estimate of drug-likeness (QED) is 0.729. The lowest BCUT2D eigenvalue weighted by atomic mass is 10.1. The van der Waals surface area contributed by atoms with Gasteiger partial charge in [-0.2, -0.15) is 0 Å². The van der Waals surface area contributed by atoms with Crippen LogP contribution in [0.3, 0.4) is 0 Å². The summed E-state index contributed by atoms with van der Waals surface area (Å²) >= 11 is 0. The van der Waals surface area contributed by atoms with Gasteiger partial charge in [-0.25, -0.2) is 9.97 Å². The molecular formula is C19H22N6O2. The molecule has 3 aromatic rings. The SMILES string of the molecule is Cc1cc(=O)[nH]c(N2CCC(Nc3cc(=O)n4cccc(C)c4n3)CC2)n1. The lowest BCUT2D eigenvalue weighted by molar-refractivity contribution is 0.518. The Kier molecular flexibility index (Phi) is 4.39. The first-order valence-electron chi connectivity index (χ1n) is 9.08. The average Bonchev–Trinajstić information content (AvgIpc) is 2.62. The molecule has 0 spiro atoms. The molecule has 0 aliphatic carbocycles. The third kappa shape index (κ3) is 3.55. The first kappa shape index (κ1) is 17.3. The highest BCUT2D eigenvalue weighted by atomic mass is 16.1. The Morgan fingerprint density at radius 2 is 1.93 bits per heavy atom. The van der Waals surface area contributed by atoms with Crippen molar-refractivity contribution < 1.29 is 0 Å². The maximum atomic E-state index is 12.3. The van der Waals surface area contributed by atoms with Crippen molar-refractivity contribution >= 4 is 17.4 Å². The van der Waals surface area contributed by atoms with E-state index in [1.54, 1.807) is 16.7 Å². The number of aromatic nitrogens is 4. The van der Waals surface area contributed by atoms with Gasteiger partial charge in [-0.05, 0) is 38.3 Å². The summed E-state index contributed by atoms with van der Waals surface area (Å²) in [4.78, 5) is 37.9. The van der Waals surface area contributed by atoms with Gasteiger partial charge in [-0.15, -0.1) is 0 Å². The van der Waals surface area contributed by atoms with Crippen molar-refractivity contribution in [2.45, 2.75) is 32.7 Å². The van der Waals surface area contributed by atoms with Crippen molar-refractivity contribution in [2.75, 3.05) is 23.3 Å². The Morgan fingerprint density at radius 1 is 1.15 bits per heavy atom. The zero-order valence-electron chi connectivity index (χ0n) is 15.4. The third-order valence-corrected chi connectivity index (χ3v) is 4.89. The number of nitrogens with one attached hydrogen (secondary N) is 2. The molecular weight excluding hydrogens is 344 g/mol. The summed E-state index contributed by atoms with van der Waals surface area (Å²) < 4.78 is 1.56. The van der Waals surface area contributed by atoms with E-state index in [0.29, 0.717) is 23.1 Å². The summed E-state index contributed by atoms with van der Waals surface area (Å²) in [6, 6.07) is 7.04. The molecule has 0 saturated carbocycles. The smallest absolute Gasteiger partial charge is 0.259 e. The molecule has 0 aromatic carbocycles. The van der Waals surface area contributed by atoms with Crippen LogP contribution in [0, 0.1) is 13.8 Å². The molecule has 1 aliphatic heterocycles. The lowest BCUT2D eigenvalue weighted by Crippen LogP contribution is -2.41. The molecule has 0 radical (unpaired) electrons.